The Kier molecular flexibility index (Phi) is 4.00. The summed E-state index contributed by atoms with van der Waals surface area (Å²) < 4.78 is 0. The number of carbonyl (C=O) groups is 1. The summed E-state index contributed by atoms with van der Waals surface area (Å²) in [6, 6.07) is 6.67. The van der Waals surface area contributed by atoms with Crippen molar-refractivity contribution in [1.82, 2.24) is 4.98 Å². The Bertz CT molecular complexity index is 662. The van der Waals surface area contributed by atoms with Crippen LogP contribution in [0.1, 0.15) is 11.3 Å². The number of hydrogen-bond donors (Lipinski definition) is 2. The number of halogens is 1. The summed E-state index contributed by atoms with van der Waals surface area (Å²) in [6.07, 6.45) is 0.102. The topological polar surface area (TPSA) is 91.8 Å². The quantitative estimate of drug-likeness (QED) is 0.909. The maximum absolute atomic E-state index is 11.8. The fraction of sp³-hybridized carbons (Fsp3) is 0.0833. The maximum atomic E-state index is 11.8. The van der Waals surface area contributed by atoms with Crippen molar-refractivity contribution >= 4 is 39.7 Å². The van der Waals surface area contributed by atoms with Crippen LogP contribution < -0.4 is 11.1 Å². The minimum Gasteiger partial charge on any atom is -0.375 e. The van der Waals surface area contributed by atoms with E-state index in [4.69, 9.17) is 22.6 Å². The van der Waals surface area contributed by atoms with Gasteiger partial charge in [0, 0.05) is 10.4 Å². The summed E-state index contributed by atoms with van der Waals surface area (Å²) in [4.78, 5) is 15.8. The number of anilines is 2. The van der Waals surface area contributed by atoms with Crippen LogP contribution in [-0.4, -0.2) is 10.9 Å². The first-order chi connectivity index (χ1) is 9.08. The molecule has 0 aliphatic carbocycles. The van der Waals surface area contributed by atoms with Gasteiger partial charge in [0.05, 0.1) is 23.4 Å². The van der Waals surface area contributed by atoms with E-state index in [0.717, 1.165) is 0 Å². The number of carbonyl (C=O) groups excluding carboxylic acids is 1. The Morgan fingerprint density at radius 2 is 2.37 bits per heavy atom. The molecule has 1 amide bonds. The molecule has 0 fully saturated rings. The molecule has 96 valence electrons. The zero-order valence-electron chi connectivity index (χ0n) is 9.68. The van der Waals surface area contributed by atoms with E-state index in [0.29, 0.717) is 27.1 Å². The first kappa shape index (κ1) is 13.3. The van der Waals surface area contributed by atoms with Crippen LogP contribution in [0.2, 0.25) is 5.02 Å². The van der Waals surface area contributed by atoms with E-state index in [-0.39, 0.29) is 12.3 Å². The summed E-state index contributed by atoms with van der Waals surface area (Å²) in [7, 11) is 0. The Labute approximate surface area is 118 Å². The monoisotopic (exact) mass is 292 g/mol. The highest BCUT2D eigenvalue weighted by Crippen LogP contribution is 2.20. The summed E-state index contributed by atoms with van der Waals surface area (Å²) >= 11 is 7.11. The van der Waals surface area contributed by atoms with Gasteiger partial charge in [-0.25, -0.2) is 4.98 Å². The van der Waals surface area contributed by atoms with Gasteiger partial charge in [0.1, 0.15) is 6.07 Å². The standard InChI is InChI=1S/C12H9ClN4OS/c13-8-2-1-7(5-14)10(3-8)17-11(18)4-9-6-19-12(15)16-9/h1-3,6H,4H2,(H2,15,16)(H,17,18). The lowest BCUT2D eigenvalue weighted by molar-refractivity contribution is -0.115. The summed E-state index contributed by atoms with van der Waals surface area (Å²) in [5, 5.41) is 14.2. The molecule has 0 saturated heterocycles. The lowest BCUT2D eigenvalue weighted by Crippen LogP contribution is -2.15. The molecule has 0 aliphatic heterocycles. The van der Waals surface area contributed by atoms with Crippen molar-refractivity contribution < 1.29 is 4.79 Å². The molecule has 0 aliphatic rings. The van der Waals surface area contributed by atoms with E-state index in [1.807, 2.05) is 6.07 Å². The van der Waals surface area contributed by atoms with E-state index in [2.05, 4.69) is 10.3 Å². The number of nitrogen functional groups attached to an aromatic ring is 1. The third-order valence-electron chi connectivity index (χ3n) is 2.29. The molecule has 0 saturated carbocycles. The zero-order chi connectivity index (χ0) is 13.8. The van der Waals surface area contributed by atoms with E-state index < -0.39 is 0 Å². The molecule has 2 aromatic rings. The van der Waals surface area contributed by atoms with E-state index >= 15 is 0 Å². The first-order valence-electron chi connectivity index (χ1n) is 5.28. The molecule has 0 unspecified atom stereocenters. The number of nitrogens with two attached hydrogens (primary N) is 1. The highest BCUT2D eigenvalue weighted by atomic mass is 35.5. The average molecular weight is 293 g/mol. The van der Waals surface area contributed by atoms with Gasteiger partial charge < -0.3 is 11.1 Å². The number of benzene rings is 1. The summed E-state index contributed by atoms with van der Waals surface area (Å²) in [6.45, 7) is 0. The number of amides is 1. The Morgan fingerprint density at radius 3 is 3.00 bits per heavy atom. The molecule has 0 bridgehead atoms. The first-order valence-corrected chi connectivity index (χ1v) is 6.53. The summed E-state index contributed by atoms with van der Waals surface area (Å²) in [5.41, 5.74) is 6.83. The lowest BCUT2D eigenvalue weighted by Gasteiger charge is -2.06. The molecule has 5 nitrogen and oxygen atoms in total. The van der Waals surface area contributed by atoms with Crippen molar-refractivity contribution in [3.05, 3.63) is 39.9 Å². The molecule has 7 heteroatoms. The molecule has 3 N–H and O–H groups in total. The number of aromatic nitrogens is 1. The summed E-state index contributed by atoms with van der Waals surface area (Å²) in [5.74, 6) is -0.274. The Balaban J connectivity index is 2.11. The maximum Gasteiger partial charge on any atom is 0.230 e. The number of nitrogens with one attached hydrogen (secondary N) is 1. The number of hydrogen-bond acceptors (Lipinski definition) is 5. The molecule has 0 spiro atoms. The van der Waals surface area contributed by atoms with Gasteiger partial charge in [-0.05, 0) is 18.2 Å². The Hall–Kier alpha value is -2.10. The van der Waals surface area contributed by atoms with Crippen molar-refractivity contribution in [3.8, 4) is 6.07 Å². The second-order valence-electron chi connectivity index (χ2n) is 3.70. The van der Waals surface area contributed by atoms with Crippen molar-refractivity contribution in [2.45, 2.75) is 6.42 Å². The van der Waals surface area contributed by atoms with Crippen LogP contribution in [-0.2, 0) is 11.2 Å². The fourth-order valence-corrected chi connectivity index (χ4v) is 2.21. The van der Waals surface area contributed by atoms with Gasteiger partial charge in [-0.1, -0.05) is 11.6 Å². The smallest absolute Gasteiger partial charge is 0.230 e. The molecule has 1 aromatic carbocycles. The minimum atomic E-state index is -0.274. The van der Waals surface area contributed by atoms with Crippen LogP contribution in [0.5, 0.6) is 0 Å². The highest BCUT2D eigenvalue weighted by molar-refractivity contribution is 7.13. The van der Waals surface area contributed by atoms with E-state index in [1.165, 1.54) is 17.4 Å². The molecular weight excluding hydrogens is 284 g/mol. The Morgan fingerprint density at radius 1 is 1.58 bits per heavy atom. The number of rotatable bonds is 3. The van der Waals surface area contributed by atoms with Crippen LogP contribution in [0.3, 0.4) is 0 Å². The molecule has 0 radical (unpaired) electrons. The van der Waals surface area contributed by atoms with Crippen LogP contribution in [0, 0.1) is 11.3 Å². The van der Waals surface area contributed by atoms with Crippen LogP contribution >= 0.6 is 22.9 Å². The van der Waals surface area contributed by atoms with Crippen LogP contribution in [0.15, 0.2) is 23.6 Å². The van der Waals surface area contributed by atoms with Crippen molar-refractivity contribution in [2.75, 3.05) is 11.1 Å². The number of nitrogens with zero attached hydrogens (tertiary/aromatic N) is 2. The molecule has 19 heavy (non-hydrogen) atoms. The van der Waals surface area contributed by atoms with Crippen LogP contribution in [0.25, 0.3) is 0 Å². The number of thiazole rings is 1. The molecule has 0 atom stereocenters. The van der Waals surface area contributed by atoms with Gasteiger partial charge in [-0.2, -0.15) is 5.26 Å². The largest absolute Gasteiger partial charge is 0.375 e. The zero-order valence-corrected chi connectivity index (χ0v) is 11.3. The van der Waals surface area contributed by atoms with E-state index in [9.17, 15) is 4.79 Å². The molecule has 2 rings (SSSR count). The average Bonchev–Trinajstić information content (AvgIpc) is 2.75. The van der Waals surface area contributed by atoms with Gasteiger partial charge >= 0.3 is 0 Å². The third-order valence-corrected chi connectivity index (χ3v) is 3.25. The van der Waals surface area contributed by atoms with Crippen molar-refractivity contribution in [2.24, 2.45) is 0 Å². The molecule has 1 aromatic heterocycles. The normalized spacial score (nSPS) is 9.89. The SMILES string of the molecule is N#Cc1ccc(Cl)cc1NC(=O)Cc1csc(N)n1. The van der Waals surface area contributed by atoms with Crippen molar-refractivity contribution in [3.63, 3.8) is 0 Å². The van der Waals surface area contributed by atoms with Gasteiger partial charge in [0.2, 0.25) is 5.91 Å². The van der Waals surface area contributed by atoms with E-state index in [1.54, 1.807) is 17.5 Å². The lowest BCUT2D eigenvalue weighted by atomic mass is 10.2. The van der Waals surface area contributed by atoms with Crippen LogP contribution in [0.4, 0.5) is 10.8 Å². The minimum absolute atomic E-state index is 0.102. The second kappa shape index (κ2) is 5.69. The third kappa shape index (κ3) is 3.44. The van der Waals surface area contributed by atoms with Gasteiger partial charge in [0.25, 0.3) is 0 Å². The predicted octanol–water partition coefficient (Wildman–Crippen LogP) is 2.43. The van der Waals surface area contributed by atoms with Gasteiger partial charge in [-0.15, -0.1) is 11.3 Å². The van der Waals surface area contributed by atoms with Crippen molar-refractivity contribution in [1.29, 1.82) is 5.26 Å². The van der Waals surface area contributed by atoms with Gasteiger partial charge in [-0.3, -0.25) is 4.79 Å². The molecular formula is C12H9ClN4OS. The highest BCUT2D eigenvalue weighted by Gasteiger charge is 2.10. The predicted molar refractivity (Wildman–Crippen MR) is 75.0 cm³/mol. The fourth-order valence-electron chi connectivity index (χ4n) is 1.48. The molecule has 1 heterocycles. The number of nitriles is 1. The van der Waals surface area contributed by atoms with Gasteiger partial charge in [0.15, 0.2) is 5.13 Å². The second-order valence-corrected chi connectivity index (χ2v) is 5.03.